The lowest BCUT2D eigenvalue weighted by Crippen LogP contribution is -2.34. The van der Waals surface area contributed by atoms with Gasteiger partial charge < -0.3 is 5.32 Å². The first kappa shape index (κ1) is 16.6. The number of hydrogen-bond donors (Lipinski definition) is 2. The van der Waals surface area contributed by atoms with E-state index in [0.29, 0.717) is 11.3 Å². The van der Waals surface area contributed by atoms with Crippen LogP contribution in [0, 0.1) is 24.0 Å². The quantitative estimate of drug-likeness (QED) is 0.512. The predicted octanol–water partition coefficient (Wildman–Crippen LogP) is 3.34. The fourth-order valence-electron chi connectivity index (χ4n) is 2.01. The molecule has 0 saturated carbocycles. The second kappa shape index (κ2) is 6.97. The smallest absolute Gasteiger partial charge is 0.271 e. The molecule has 2 N–H and O–H groups in total. The van der Waals surface area contributed by atoms with Crippen LogP contribution in [-0.4, -0.2) is 15.9 Å². The number of carbonyl (C=O) groups is 1. The molecule has 7 heteroatoms. The minimum absolute atomic E-state index is 0.0499. The molecule has 0 bridgehead atoms. The lowest BCUT2D eigenvalue weighted by atomic mass is 10.1. The van der Waals surface area contributed by atoms with E-state index in [1.807, 2.05) is 19.1 Å². The average Bonchev–Trinajstić information content (AvgIpc) is 2.49. The highest BCUT2D eigenvalue weighted by molar-refractivity contribution is 7.80. The molecular weight excluding hydrogens is 314 g/mol. The molecule has 0 spiro atoms. The first-order chi connectivity index (χ1) is 10.9. The number of nitro groups is 1. The van der Waals surface area contributed by atoms with Crippen molar-refractivity contribution in [2.45, 2.75) is 13.8 Å². The van der Waals surface area contributed by atoms with Crippen molar-refractivity contribution in [1.29, 1.82) is 0 Å². The molecule has 2 aromatic carbocycles. The van der Waals surface area contributed by atoms with Gasteiger partial charge in [-0.05, 0) is 43.3 Å². The maximum absolute atomic E-state index is 12.2. The molecule has 0 heterocycles. The molecule has 0 saturated heterocycles. The number of aryl methyl sites for hydroxylation is 2. The van der Waals surface area contributed by atoms with Crippen molar-refractivity contribution in [1.82, 2.24) is 5.32 Å². The number of rotatable bonds is 3. The molecule has 0 radical (unpaired) electrons. The van der Waals surface area contributed by atoms with Crippen molar-refractivity contribution in [2.75, 3.05) is 5.32 Å². The monoisotopic (exact) mass is 329 g/mol. The average molecular weight is 329 g/mol. The summed E-state index contributed by atoms with van der Waals surface area (Å²) in [6.45, 7) is 3.62. The summed E-state index contributed by atoms with van der Waals surface area (Å²) in [4.78, 5) is 22.5. The maximum atomic E-state index is 12.2. The molecule has 1 amide bonds. The van der Waals surface area contributed by atoms with Crippen LogP contribution in [0.3, 0.4) is 0 Å². The summed E-state index contributed by atoms with van der Waals surface area (Å²) in [5.41, 5.74) is 2.57. The number of hydrogen-bond acceptors (Lipinski definition) is 4. The van der Waals surface area contributed by atoms with Crippen LogP contribution in [0.25, 0.3) is 0 Å². The number of amides is 1. The minimum atomic E-state index is -0.487. The Balaban J connectivity index is 2.11. The standard InChI is InChI=1S/C16H15N3O3S/c1-10-5-3-4-6-13(10)15(20)18-16(23)17-14-9-12(19(21)22)8-7-11(14)2/h3-9H,1-2H3,(H2,17,18,20,23). The number of carbonyl (C=O) groups excluding carboxylic acids is 1. The van der Waals surface area contributed by atoms with E-state index >= 15 is 0 Å². The summed E-state index contributed by atoms with van der Waals surface area (Å²) >= 11 is 5.11. The van der Waals surface area contributed by atoms with E-state index in [0.717, 1.165) is 11.1 Å². The molecule has 0 unspecified atom stereocenters. The Morgan fingerprint density at radius 1 is 1.13 bits per heavy atom. The van der Waals surface area contributed by atoms with E-state index in [1.54, 1.807) is 25.1 Å². The van der Waals surface area contributed by atoms with Gasteiger partial charge in [-0.2, -0.15) is 0 Å². The molecule has 23 heavy (non-hydrogen) atoms. The van der Waals surface area contributed by atoms with Gasteiger partial charge in [-0.3, -0.25) is 20.2 Å². The lowest BCUT2D eigenvalue weighted by Gasteiger charge is -2.12. The van der Waals surface area contributed by atoms with Crippen LogP contribution in [0.1, 0.15) is 21.5 Å². The van der Waals surface area contributed by atoms with Crippen molar-refractivity contribution in [3.05, 3.63) is 69.3 Å². The molecule has 118 valence electrons. The molecule has 0 fully saturated rings. The van der Waals surface area contributed by atoms with Crippen molar-refractivity contribution in [3.63, 3.8) is 0 Å². The minimum Gasteiger partial charge on any atom is -0.332 e. The third kappa shape index (κ3) is 4.10. The van der Waals surface area contributed by atoms with Gasteiger partial charge in [0.15, 0.2) is 5.11 Å². The van der Waals surface area contributed by atoms with E-state index in [1.165, 1.54) is 12.1 Å². The van der Waals surface area contributed by atoms with Crippen LogP contribution in [0.15, 0.2) is 42.5 Å². The summed E-state index contributed by atoms with van der Waals surface area (Å²) in [5.74, 6) is -0.330. The van der Waals surface area contributed by atoms with Gasteiger partial charge in [0, 0.05) is 23.4 Å². The first-order valence-corrected chi connectivity index (χ1v) is 7.22. The number of benzene rings is 2. The molecule has 2 aromatic rings. The van der Waals surface area contributed by atoms with Crippen LogP contribution in [0.4, 0.5) is 11.4 Å². The highest BCUT2D eigenvalue weighted by Gasteiger charge is 2.13. The summed E-state index contributed by atoms with van der Waals surface area (Å²) in [6.07, 6.45) is 0. The van der Waals surface area contributed by atoms with Crippen molar-refractivity contribution >= 4 is 34.6 Å². The van der Waals surface area contributed by atoms with Crippen LogP contribution < -0.4 is 10.6 Å². The Labute approximate surface area is 138 Å². The molecule has 0 aliphatic rings. The van der Waals surface area contributed by atoms with Gasteiger partial charge in [0.05, 0.1) is 4.92 Å². The zero-order chi connectivity index (χ0) is 17.0. The van der Waals surface area contributed by atoms with Crippen LogP contribution in [-0.2, 0) is 0 Å². The lowest BCUT2D eigenvalue weighted by molar-refractivity contribution is -0.384. The van der Waals surface area contributed by atoms with Crippen molar-refractivity contribution in [3.8, 4) is 0 Å². The van der Waals surface area contributed by atoms with Gasteiger partial charge in [-0.1, -0.05) is 24.3 Å². The maximum Gasteiger partial charge on any atom is 0.271 e. The van der Waals surface area contributed by atoms with Crippen LogP contribution in [0.5, 0.6) is 0 Å². The molecule has 0 aromatic heterocycles. The second-order valence-corrected chi connectivity index (χ2v) is 5.39. The SMILES string of the molecule is Cc1ccc([N+](=O)[O-])cc1NC(=S)NC(=O)c1ccccc1C. The van der Waals surface area contributed by atoms with Gasteiger partial charge in [0.2, 0.25) is 0 Å². The van der Waals surface area contributed by atoms with Gasteiger partial charge in [-0.25, -0.2) is 0 Å². The zero-order valence-corrected chi connectivity index (χ0v) is 13.4. The number of nitro benzene ring substituents is 1. The fourth-order valence-corrected chi connectivity index (χ4v) is 2.21. The largest absolute Gasteiger partial charge is 0.332 e. The Morgan fingerprint density at radius 3 is 2.48 bits per heavy atom. The van der Waals surface area contributed by atoms with Crippen LogP contribution in [0.2, 0.25) is 0 Å². The van der Waals surface area contributed by atoms with E-state index in [2.05, 4.69) is 10.6 Å². The molecular formula is C16H15N3O3S. The van der Waals surface area contributed by atoms with Crippen molar-refractivity contribution < 1.29 is 9.72 Å². The highest BCUT2D eigenvalue weighted by Crippen LogP contribution is 2.21. The van der Waals surface area contributed by atoms with E-state index in [4.69, 9.17) is 12.2 Å². The summed E-state index contributed by atoms with van der Waals surface area (Å²) in [5, 5.41) is 16.3. The van der Waals surface area contributed by atoms with Gasteiger partial charge >= 0.3 is 0 Å². The van der Waals surface area contributed by atoms with E-state index in [9.17, 15) is 14.9 Å². The Bertz CT molecular complexity index is 790. The molecule has 0 aliphatic heterocycles. The van der Waals surface area contributed by atoms with Gasteiger partial charge in [-0.15, -0.1) is 0 Å². The zero-order valence-electron chi connectivity index (χ0n) is 12.6. The first-order valence-electron chi connectivity index (χ1n) is 6.81. The highest BCUT2D eigenvalue weighted by atomic mass is 32.1. The Morgan fingerprint density at radius 2 is 1.83 bits per heavy atom. The molecule has 0 aliphatic carbocycles. The van der Waals surface area contributed by atoms with Crippen LogP contribution >= 0.6 is 12.2 Å². The summed E-state index contributed by atoms with van der Waals surface area (Å²) < 4.78 is 0. The number of non-ortho nitro benzene ring substituents is 1. The Kier molecular flexibility index (Phi) is 5.02. The third-order valence-electron chi connectivity index (χ3n) is 3.30. The number of thiocarbonyl (C=S) groups is 1. The van der Waals surface area contributed by atoms with Gasteiger partial charge in [0.25, 0.3) is 11.6 Å². The molecule has 0 atom stereocenters. The van der Waals surface area contributed by atoms with Crippen molar-refractivity contribution in [2.24, 2.45) is 0 Å². The second-order valence-electron chi connectivity index (χ2n) is 4.98. The predicted molar refractivity (Wildman–Crippen MR) is 92.7 cm³/mol. The Hall–Kier alpha value is -2.80. The molecule has 6 nitrogen and oxygen atoms in total. The topological polar surface area (TPSA) is 84.3 Å². The fraction of sp³-hybridized carbons (Fsp3) is 0.125. The van der Waals surface area contributed by atoms with E-state index < -0.39 is 4.92 Å². The summed E-state index contributed by atoms with van der Waals surface area (Å²) in [7, 11) is 0. The van der Waals surface area contributed by atoms with E-state index in [-0.39, 0.29) is 16.7 Å². The normalized spacial score (nSPS) is 10.0. The number of nitrogens with one attached hydrogen (secondary N) is 2. The number of nitrogens with zero attached hydrogens (tertiary/aromatic N) is 1. The third-order valence-corrected chi connectivity index (χ3v) is 3.50. The summed E-state index contributed by atoms with van der Waals surface area (Å²) in [6, 6.07) is 11.5. The molecule has 2 rings (SSSR count). The number of anilines is 1. The van der Waals surface area contributed by atoms with Gasteiger partial charge in [0.1, 0.15) is 0 Å².